The van der Waals surface area contributed by atoms with Crippen LogP contribution in [0.3, 0.4) is 0 Å². The number of methoxy groups -OCH3 is 1. The van der Waals surface area contributed by atoms with E-state index in [0.717, 1.165) is 16.0 Å². The molecule has 0 radical (unpaired) electrons. The van der Waals surface area contributed by atoms with Crippen molar-refractivity contribution in [3.63, 3.8) is 0 Å². The third-order valence-corrected chi connectivity index (χ3v) is 6.16. The number of thiophene rings is 1. The van der Waals surface area contributed by atoms with Gasteiger partial charge < -0.3 is 15.4 Å². The minimum absolute atomic E-state index is 0.181. The number of nitrogens with zero attached hydrogens (tertiary/aromatic N) is 2. The number of amides is 1. The van der Waals surface area contributed by atoms with Gasteiger partial charge in [0.25, 0.3) is 5.91 Å². The number of ether oxygens (including phenoxy) is 1. The number of fused-ring (bicyclic) bond motifs is 1. The quantitative estimate of drug-likeness (QED) is 0.787. The summed E-state index contributed by atoms with van der Waals surface area (Å²) in [6.07, 6.45) is 2.45. The second kappa shape index (κ2) is 6.45. The van der Waals surface area contributed by atoms with Gasteiger partial charge in [0.2, 0.25) is 0 Å². The molecular formula is C19H26N4O3S. The third kappa shape index (κ3) is 3.51. The molecule has 146 valence electrons. The fraction of sp³-hybridized carbons (Fsp3) is 0.526. The van der Waals surface area contributed by atoms with Gasteiger partial charge >= 0.3 is 5.97 Å². The monoisotopic (exact) mass is 390 g/mol. The highest BCUT2D eigenvalue weighted by atomic mass is 32.1. The molecule has 0 atom stereocenters. The fourth-order valence-corrected chi connectivity index (χ4v) is 5.19. The van der Waals surface area contributed by atoms with Gasteiger partial charge in [-0.25, -0.2) is 4.79 Å². The van der Waals surface area contributed by atoms with Gasteiger partial charge in [0.05, 0.1) is 12.7 Å². The molecule has 0 aliphatic carbocycles. The van der Waals surface area contributed by atoms with E-state index in [9.17, 15) is 9.59 Å². The van der Waals surface area contributed by atoms with Crippen molar-refractivity contribution in [2.24, 2.45) is 7.05 Å². The number of nitrogens with one attached hydrogen (secondary N) is 2. The summed E-state index contributed by atoms with van der Waals surface area (Å²) in [5.74, 6) is -0.768. The summed E-state index contributed by atoms with van der Waals surface area (Å²) >= 11 is 1.42. The summed E-state index contributed by atoms with van der Waals surface area (Å²) in [6, 6.07) is 0. The maximum absolute atomic E-state index is 12.8. The topological polar surface area (TPSA) is 85.2 Å². The molecule has 8 heteroatoms. The van der Waals surface area contributed by atoms with Gasteiger partial charge in [-0.1, -0.05) is 0 Å². The van der Waals surface area contributed by atoms with Gasteiger partial charge in [0.1, 0.15) is 5.00 Å². The van der Waals surface area contributed by atoms with Gasteiger partial charge in [-0.2, -0.15) is 5.10 Å². The van der Waals surface area contributed by atoms with Crippen molar-refractivity contribution >= 4 is 28.2 Å². The van der Waals surface area contributed by atoms with Crippen LogP contribution in [0, 0.1) is 6.92 Å². The average molecular weight is 391 g/mol. The first-order chi connectivity index (χ1) is 12.4. The molecule has 0 saturated heterocycles. The minimum Gasteiger partial charge on any atom is -0.465 e. The Balaban J connectivity index is 2.08. The summed E-state index contributed by atoms with van der Waals surface area (Å²) < 4.78 is 6.63. The number of hydrogen-bond acceptors (Lipinski definition) is 6. The summed E-state index contributed by atoms with van der Waals surface area (Å²) in [5.41, 5.74) is 2.00. The molecule has 2 aromatic heterocycles. The number of carbonyl (C=O) groups excluding carboxylic acids is 2. The second-order valence-corrected chi connectivity index (χ2v) is 9.23. The number of rotatable bonds is 3. The SMILES string of the molecule is COC(=O)c1c(NC(=O)c2nn(C)cc2C)sc2c1CC(C)(C)NC2(C)C. The summed E-state index contributed by atoms with van der Waals surface area (Å²) in [7, 11) is 3.13. The lowest BCUT2D eigenvalue weighted by atomic mass is 9.81. The first-order valence-corrected chi connectivity index (χ1v) is 9.62. The smallest absolute Gasteiger partial charge is 0.341 e. The largest absolute Gasteiger partial charge is 0.465 e. The van der Waals surface area contributed by atoms with Crippen molar-refractivity contribution in [1.82, 2.24) is 15.1 Å². The Morgan fingerprint density at radius 2 is 2.00 bits per heavy atom. The first kappa shape index (κ1) is 19.6. The maximum Gasteiger partial charge on any atom is 0.341 e. The van der Waals surface area contributed by atoms with E-state index in [1.54, 1.807) is 17.9 Å². The Hall–Kier alpha value is -2.19. The van der Waals surface area contributed by atoms with Crippen LogP contribution >= 0.6 is 11.3 Å². The summed E-state index contributed by atoms with van der Waals surface area (Å²) in [6.45, 7) is 10.2. The lowest BCUT2D eigenvalue weighted by Gasteiger charge is -2.42. The number of anilines is 1. The molecular weight excluding hydrogens is 364 g/mol. The Morgan fingerprint density at radius 3 is 2.56 bits per heavy atom. The molecule has 0 spiro atoms. The lowest BCUT2D eigenvalue weighted by molar-refractivity contribution is 0.0600. The molecule has 0 saturated carbocycles. The third-order valence-electron chi connectivity index (χ3n) is 4.69. The van der Waals surface area contributed by atoms with Crippen LogP contribution in [0.25, 0.3) is 0 Å². The van der Waals surface area contributed by atoms with Gasteiger partial charge in [-0.05, 0) is 46.6 Å². The van der Waals surface area contributed by atoms with Gasteiger partial charge in [-0.3, -0.25) is 9.48 Å². The van der Waals surface area contributed by atoms with E-state index in [1.165, 1.54) is 18.4 Å². The van der Waals surface area contributed by atoms with E-state index in [4.69, 9.17) is 4.74 Å². The van der Waals surface area contributed by atoms with E-state index in [-0.39, 0.29) is 17.0 Å². The summed E-state index contributed by atoms with van der Waals surface area (Å²) in [4.78, 5) is 26.4. The summed E-state index contributed by atoms with van der Waals surface area (Å²) in [5, 5.41) is 11.2. The van der Waals surface area contributed by atoms with Crippen molar-refractivity contribution in [2.75, 3.05) is 12.4 Å². The number of aromatic nitrogens is 2. The zero-order valence-corrected chi connectivity index (χ0v) is 17.6. The first-order valence-electron chi connectivity index (χ1n) is 8.80. The second-order valence-electron chi connectivity index (χ2n) is 8.20. The van der Waals surface area contributed by atoms with E-state index in [0.29, 0.717) is 22.7 Å². The average Bonchev–Trinajstić information content (AvgIpc) is 3.05. The molecule has 7 nitrogen and oxygen atoms in total. The number of esters is 1. The highest BCUT2D eigenvalue weighted by molar-refractivity contribution is 7.17. The molecule has 2 aromatic rings. The van der Waals surface area contributed by atoms with E-state index < -0.39 is 5.97 Å². The fourth-order valence-electron chi connectivity index (χ4n) is 3.93. The number of aryl methyl sites for hydroxylation is 2. The van der Waals surface area contributed by atoms with Crippen molar-refractivity contribution in [3.8, 4) is 0 Å². The van der Waals surface area contributed by atoms with Crippen molar-refractivity contribution < 1.29 is 14.3 Å². The van der Waals surface area contributed by atoms with Crippen LogP contribution < -0.4 is 10.6 Å². The Bertz CT molecular complexity index is 924. The van der Waals surface area contributed by atoms with Crippen LogP contribution in [0.15, 0.2) is 6.20 Å². The molecule has 1 aliphatic rings. The highest BCUT2D eigenvalue weighted by Gasteiger charge is 2.42. The molecule has 1 amide bonds. The molecule has 1 aliphatic heterocycles. The molecule has 3 rings (SSSR count). The Labute approximate surface area is 163 Å². The highest BCUT2D eigenvalue weighted by Crippen LogP contribution is 2.45. The molecule has 0 unspecified atom stereocenters. The van der Waals surface area contributed by atoms with Crippen LogP contribution in [0.4, 0.5) is 5.00 Å². The predicted octanol–water partition coefficient (Wildman–Crippen LogP) is 2.99. The van der Waals surface area contributed by atoms with Crippen LogP contribution in [0.1, 0.15) is 64.5 Å². The van der Waals surface area contributed by atoms with Crippen molar-refractivity contribution in [2.45, 2.75) is 52.1 Å². The van der Waals surface area contributed by atoms with Crippen LogP contribution in [-0.4, -0.2) is 34.3 Å². The van der Waals surface area contributed by atoms with Gasteiger partial charge in [0.15, 0.2) is 5.69 Å². The van der Waals surface area contributed by atoms with Gasteiger partial charge in [0, 0.05) is 34.8 Å². The molecule has 0 fully saturated rings. The molecule has 0 aromatic carbocycles. The van der Waals surface area contributed by atoms with Crippen molar-refractivity contribution in [3.05, 3.63) is 33.5 Å². The van der Waals surface area contributed by atoms with Gasteiger partial charge in [-0.15, -0.1) is 11.3 Å². The predicted molar refractivity (Wildman–Crippen MR) is 106 cm³/mol. The Kier molecular flexibility index (Phi) is 4.68. The van der Waals surface area contributed by atoms with Crippen LogP contribution in [0.2, 0.25) is 0 Å². The molecule has 0 bridgehead atoms. The van der Waals surface area contributed by atoms with Crippen LogP contribution in [0.5, 0.6) is 0 Å². The van der Waals surface area contributed by atoms with E-state index in [2.05, 4.69) is 43.4 Å². The van der Waals surface area contributed by atoms with Crippen molar-refractivity contribution in [1.29, 1.82) is 0 Å². The molecule has 27 heavy (non-hydrogen) atoms. The zero-order valence-electron chi connectivity index (χ0n) is 16.8. The van der Waals surface area contributed by atoms with E-state index in [1.807, 2.05) is 6.92 Å². The van der Waals surface area contributed by atoms with Crippen LogP contribution in [-0.2, 0) is 23.7 Å². The number of hydrogen-bond donors (Lipinski definition) is 2. The minimum atomic E-state index is -0.436. The Morgan fingerprint density at radius 1 is 1.33 bits per heavy atom. The number of carbonyl (C=O) groups is 2. The maximum atomic E-state index is 12.8. The lowest BCUT2D eigenvalue weighted by Crippen LogP contribution is -2.55. The normalized spacial score (nSPS) is 17.3. The molecule has 2 N–H and O–H groups in total. The van der Waals surface area contributed by atoms with E-state index >= 15 is 0 Å². The standard InChI is InChI=1S/C19H26N4O3S/c1-10-9-23(6)21-13(10)15(24)20-16-12(17(25)26-7)11-8-18(2,3)22-19(4,5)14(11)27-16/h9,22H,8H2,1-7H3,(H,20,24). The zero-order chi connectivity index (χ0) is 20.1. The molecule has 3 heterocycles.